The number of ether oxygens (including phenoxy) is 4. The molecule has 1 spiro atoms. The van der Waals surface area contributed by atoms with Crippen molar-refractivity contribution < 1.29 is 47.2 Å². The Morgan fingerprint density at radius 1 is 1.05 bits per heavy atom. The molecule has 0 amide bonds. The van der Waals surface area contributed by atoms with Crippen LogP contribution >= 0.6 is 0 Å². The van der Waals surface area contributed by atoms with Crippen LogP contribution < -0.4 is 10.1 Å². The standard InChI is InChI=1S/C44H52F2N4O8/c1-7-41-13-10-15-50-16-14-42(36(41)50)29-18-30(33(55-4)19-32(29)48-35(42)44(54,39(53)57-6)37(41)58-24(2)51)43(38(52)56-5)20-25-17-26(40(3,45)46)22-49(21-25)23-28-27-11-8-9-12-31(27)47-34(28)43/h8-13,18-19,25-26,35-37,47-48,54H,7,14-17,20-23H2,1-6H3/t25-,26-,35-,36+,37-,41-,42+,43+,44+/m1/s1. The average molecular weight is 803 g/mol. The van der Waals surface area contributed by atoms with Crippen molar-refractivity contribution in [2.45, 2.75) is 93.5 Å². The van der Waals surface area contributed by atoms with Gasteiger partial charge < -0.3 is 34.4 Å². The SMILES string of the molecule is CC[C@]12C=CCN3CC[C@@]4(c5cc([C@@]6(C(=O)OC)C[C@H]7C[C@@H](C(C)(F)F)CN(Cc8c6[nH]c6ccccc86)C7)c(OC)cc5N[C@H]4[C@@](O)(C(=O)OC)[C@@H]1OC(C)=O)[C@@H]32. The van der Waals surface area contributed by atoms with E-state index >= 15 is 13.6 Å². The summed E-state index contributed by atoms with van der Waals surface area (Å²) in [7, 11) is 4.08. The van der Waals surface area contributed by atoms with Gasteiger partial charge in [-0.1, -0.05) is 37.3 Å². The number of anilines is 1. The van der Waals surface area contributed by atoms with Crippen molar-refractivity contribution in [3.63, 3.8) is 0 Å². The highest BCUT2D eigenvalue weighted by Crippen LogP contribution is 2.67. The highest BCUT2D eigenvalue weighted by atomic mass is 19.3. The molecule has 1 saturated carbocycles. The third-order valence-electron chi connectivity index (χ3n) is 14.9. The van der Waals surface area contributed by atoms with E-state index < -0.39 is 63.7 Å². The number of aromatic amines is 1. The summed E-state index contributed by atoms with van der Waals surface area (Å²) >= 11 is 0. The molecule has 10 atom stereocenters. The van der Waals surface area contributed by atoms with E-state index in [0.717, 1.165) is 29.0 Å². The molecule has 3 aromatic rings. The molecule has 6 aliphatic rings. The van der Waals surface area contributed by atoms with E-state index in [1.165, 1.54) is 28.3 Å². The zero-order chi connectivity index (χ0) is 41.2. The van der Waals surface area contributed by atoms with E-state index in [9.17, 15) is 14.7 Å². The molecular weight excluding hydrogens is 750 g/mol. The first-order valence-corrected chi connectivity index (χ1v) is 20.3. The Bertz CT molecular complexity index is 2240. The number of H-pyrrole nitrogens is 1. The Balaban J connectivity index is 1.34. The molecule has 2 bridgehead atoms. The van der Waals surface area contributed by atoms with E-state index in [-0.39, 0.29) is 31.3 Å². The van der Waals surface area contributed by atoms with Gasteiger partial charge in [0.15, 0.2) is 6.10 Å². The van der Waals surface area contributed by atoms with Gasteiger partial charge in [0, 0.05) is 89.8 Å². The van der Waals surface area contributed by atoms with Crippen LogP contribution in [0.15, 0.2) is 48.6 Å². The Morgan fingerprint density at radius 3 is 2.50 bits per heavy atom. The van der Waals surface area contributed by atoms with Crippen molar-refractivity contribution in [1.82, 2.24) is 14.8 Å². The topological polar surface area (TPSA) is 143 Å². The van der Waals surface area contributed by atoms with Gasteiger partial charge in [-0.05, 0) is 68.3 Å². The van der Waals surface area contributed by atoms with Crippen molar-refractivity contribution in [3.8, 4) is 5.75 Å². The van der Waals surface area contributed by atoms with E-state index in [1.54, 1.807) is 0 Å². The van der Waals surface area contributed by atoms with E-state index in [0.29, 0.717) is 61.7 Å². The lowest BCUT2D eigenvalue weighted by Gasteiger charge is -2.62. The number of fused-ring (bicyclic) bond motifs is 6. The van der Waals surface area contributed by atoms with Gasteiger partial charge in [-0.3, -0.25) is 19.4 Å². The molecule has 5 aliphatic heterocycles. The fourth-order valence-electron chi connectivity index (χ4n) is 12.7. The maximum Gasteiger partial charge on any atom is 0.344 e. The lowest BCUT2D eigenvalue weighted by molar-refractivity contribution is -0.226. The van der Waals surface area contributed by atoms with Crippen LogP contribution in [0.25, 0.3) is 10.9 Å². The van der Waals surface area contributed by atoms with Gasteiger partial charge in [0.25, 0.3) is 0 Å². The number of carbonyl (C=O) groups is 3. The average Bonchev–Trinajstić information content (AvgIpc) is 3.89. The maximum absolute atomic E-state index is 15.3. The van der Waals surface area contributed by atoms with E-state index in [4.69, 9.17) is 18.9 Å². The minimum Gasteiger partial charge on any atom is -0.496 e. The second kappa shape index (κ2) is 13.2. The zero-order valence-electron chi connectivity index (χ0n) is 33.8. The maximum atomic E-state index is 15.3. The van der Waals surface area contributed by atoms with Gasteiger partial charge in [-0.2, -0.15) is 0 Å². The molecule has 1 aliphatic carbocycles. The van der Waals surface area contributed by atoms with E-state index in [2.05, 4.69) is 20.1 Å². The Morgan fingerprint density at radius 2 is 1.81 bits per heavy atom. The monoisotopic (exact) mass is 802 g/mol. The Kier molecular flexibility index (Phi) is 8.89. The molecule has 3 N–H and O–H groups in total. The van der Waals surface area contributed by atoms with E-state index in [1.807, 2.05) is 55.5 Å². The summed E-state index contributed by atoms with van der Waals surface area (Å²) in [6.45, 7) is 6.51. The number of benzene rings is 2. The van der Waals surface area contributed by atoms with Crippen LogP contribution in [0.1, 0.15) is 68.8 Å². The number of methoxy groups -OCH3 is 3. The number of piperidine rings is 1. The summed E-state index contributed by atoms with van der Waals surface area (Å²) < 4.78 is 54.0. The fourth-order valence-corrected chi connectivity index (χ4v) is 12.7. The summed E-state index contributed by atoms with van der Waals surface area (Å²) in [4.78, 5) is 50.2. The van der Waals surface area contributed by atoms with Crippen molar-refractivity contribution in [3.05, 3.63) is 70.9 Å². The van der Waals surface area contributed by atoms with Gasteiger partial charge in [-0.25, -0.2) is 13.6 Å². The molecule has 310 valence electrons. The number of carbonyl (C=O) groups excluding carboxylic acids is 3. The molecule has 1 unspecified atom stereocenters. The van der Waals surface area contributed by atoms with Crippen LogP contribution in [-0.2, 0) is 46.0 Å². The lowest BCUT2D eigenvalue weighted by atomic mass is 9.47. The van der Waals surface area contributed by atoms with Crippen LogP contribution in [0.4, 0.5) is 14.5 Å². The third kappa shape index (κ3) is 5.03. The molecule has 3 fully saturated rings. The Hall–Kier alpha value is -4.53. The first-order valence-electron chi connectivity index (χ1n) is 20.3. The molecule has 58 heavy (non-hydrogen) atoms. The lowest BCUT2D eigenvalue weighted by Crippen LogP contribution is -2.80. The minimum atomic E-state index is -2.94. The van der Waals surface area contributed by atoms with Crippen LogP contribution in [0.5, 0.6) is 5.75 Å². The molecule has 12 nitrogen and oxygen atoms in total. The van der Waals surface area contributed by atoms with Crippen molar-refractivity contribution in [2.75, 3.05) is 52.8 Å². The molecule has 9 rings (SSSR count). The summed E-state index contributed by atoms with van der Waals surface area (Å²) in [5.41, 5.74) is -1.80. The van der Waals surface area contributed by atoms with Gasteiger partial charge >= 0.3 is 17.9 Å². The number of rotatable bonds is 7. The number of aromatic nitrogens is 1. The molecule has 2 aromatic carbocycles. The van der Waals surface area contributed by atoms with Crippen molar-refractivity contribution >= 4 is 34.5 Å². The smallest absolute Gasteiger partial charge is 0.344 e. The molecule has 6 heterocycles. The summed E-state index contributed by atoms with van der Waals surface area (Å²) in [5, 5.41) is 17.5. The minimum absolute atomic E-state index is 0.152. The zero-order valence-corrected chi connectivity index (χ0v) is 33.8. The number of hydrogen-bond donors (Lipinski definition) is 3. The number of esters is 3. The Labute approximate surface area is 336 Å². The molecule has 1 aromatic heterocycles. The molecule has 0 radical (unpaired) electrons. The summed E-state index contributed by atoms with van der Waals surface area (Å²) in [6, 6.07) is 10.2. The fraction of sp³-hybridized carbons (Fsp3) is 0.568. The molecule has 14 heteroatoms. The normalized spacial score (nSPS) is 36.0. The summed E-state index contributed by atoms with van der Waals surface area (Å²) in [6.07, 6.45) is 3.99. The van der Waals surface area contributed by atoms with Crippen LogP contribution in [-0.4, -0.2) is 115 Å². The number of nitrogens with zero attached hydrogens (tertiary/aromatic N) is 2. The number of hydrogen-bond acceptors (Lipinski definition) is 11. The number of nitrogens with one attached hydrogen (secondary N) is 2. The van der Waals surface area contributed by atoms with Crippen LogP contribution in [0, 0.1) is 17.3 Å². The highest BCUT2D eigenvalue weighted by molar-refractivity contribution is 5.95. The van der Waals surface area contributed by atoms with Crippen molar-refractivity contribution in [2.24, 2.45) is 17.3 Å². The molecule has 2 saturated heterocycles. The number of para-hydroxylation sites is 1. The van der Waals surface area contributed by atoms with Gasteiger partial charge in [0.05, 0.1) is 27.4 Å². The van der Waals surface area contributed by atoms with Crippen molar-refractivity contribution in [1.29, 1.82) is 0 Å². The van der Waals surface area contributed by atoms with Gasteiger partial charge in [0.1, 0.15) is 11.2 Å². The number of halogens is 2. The second-order valence-corrected chi connectivity index (χ2v) is 17.6. The first-order chi connectivity index (χ1) is 27.6. The highest BCUT2D eigenvalue weighted by Gasteiger charge is 2.79. The van der Waals surface area contributed by atoms with Gasteiger partial charge in [-0.15, -0.1) is 0 Å². The van der Waals surface area contributed by atoms with Gasteiger partial charge in [0.2, 0.25) is 11.5 Å². The first kappa shape index (κ1) is 39.0. The third-order valence-corrected chi connectivity index (χ3v) is 14.9. The molecular formula is C44H52F2N4O8. The quantitative estimate of drug-likeness (QED) is 0.168. The predicted molar refractivity (Wildman–Crippen MR) is 210 cm³/mol. The number of aliphatic hydroxyl groups is 1. The number of alkyl halides is 2. The van der Waals surface area contributed by atoms with Crippen LogP contribution in [0.2, 0.25) is 0 Å². The van der Waals surface area contributed by atoms with Crippen LogP contribution in [0.3, 0.4) is 0 Å². The summed E-state index contributed by atoms with van der Waals surface area (Å²) in [5.74, 6) is -5.97. The second-order valence-electron chi connectivity index (χ2n) is 17.6. The largest absolute Gasteiger partial charge is 0.496 e. The predicted octanol–water partition coefficient (Wildman–Crippen LogP) is 5.05.